The van der Waals surface area contributed by atoms with E-state index < -0.39 is 0 Å². The number of nitrogens with zero attached hydrogens (tertiary/aromatic N) is 2. The average Bonchev–Trinajstić information content (AvgIpc) is 2.45. The topological polar surface area (TPSA) is 32.7 Å². The predicted octanol–water partition coefficient (Wildman–Crippen LogP) is 2.45. The van der Waals surface area contributed by atoms with Gasteiger partial charge < -0.3 is 0 Å². The normalized spacial score (nSPS) is 15.7. The van der Waals surface area contributed by atoms with Crippen molar-refractivity contribution >= 4 is 23.2 Å². The Morgan fingerprint density at radius 2 is 2.33 bits per heavy atom. The number of hydrogen-bond donors (Lipinski definition) is 0. The highest BCUT2D eigenvalue weighted by Crippen LogP contribution is 2.16. The van der Waals surface area contributed by atoms with Crippen molar-refractivity contribution in [3.63, 3.8) is 0 Å². The summed E-state index contributed by atoms with van der Waals surface area (Å²) < 4.78 is 0. The van der Waals surface area contributed by atoms with Crippen molar-refractivity contribution in [3.8, 4) is 0 Å². The van der Waals surface area contributed by atoms with E-state index in [1.165, 1.54) is 5.01 Å². The Morgan fingerprint density at radius 3 is 2.93 bits per heavy atom. The third kappa shape index (κ3) is 2.36. The molecule has 3 nitrogen and oxygen atoms in total. The molecule has 1 aliphatic heterocycles. The Morgan fingerprint density at radius 1 is 1.53 bits per heavy atom. The largest absolute Gasteiger partial charge is 0.273 e. The number of benzene rings is 1. The van der Waals surface area contributed by atoms with Crippen molar-refractivity contribution in [1.82, 2.24) is 5.01 Å². The molecule has 0 saturated heterocycles. The molecule has 1 aromatic rings. The highest BCUT2D eigenvalue weighted by atomic mass is 35.5. The first-order valence-electron chi connectivity index (χ1n) is 4.74. The van der Waals surface area contributed by atoms with Crippen LogP contribution in [0.25, 0.3) is 0 Å². The van der Waals surface area contributed by atoms with Gasteiger partial charge in [-0.15, -0.1) is 0 Å². The Bertz CT molecular complexity index is 428. The maximum Gasteiger partial charge on any atom is 0.248 e. The number of carbonyl (C=O) groups is 1. The fourth-order valence-corrected chi connectivity index (χ4v) is 1.75. The lowest BCUT2D eigenvalue weighted by atomic mass is 10.2. The second-order valence-electron chi connectivity index (χ2n) is 3.59. The Kier molecular flexibility index (Phi) is 2.73. The standard InChI is InChI=1S/C11H11ClN2O/c1-8-5-11(15)14(13-8)7-9-3-2-4-10(12)6-9/h2-4,6H,5,7H2,1H3. The molecule has 4 heteroatoms. The van der Waals surface area contributed by atoms with Gasteiger partial charge >= 0.3 is 0 Å². The smallest absolute Gasteiger partial charge is 0.248 e. The van der Waals surface area contributed by atoms with Crippen LogP contribution in [0, 0.1) is 0 Å². The van der Waals surface area contributed by atoms with Crippen LogP contribution in [0.5, 0.6) is 0 Å². The van der Waals surface area contributed by atoms with E-state index in [0.717, 1.165) is 11.3 Å². The number of rotatable bonds is 2. The number of carbonyl (C=O) groups excluding carboxylic acids is 1. The molecule has 0 aromatic heterocycles. The summed E-state index contributed by atoms with van der Waals surface area (Å²) in [7, 11) is 0. The molecular formula is C11H11ClN2O. The van der Waals surface area contributed by atoms with Crippen molar-refractivity contribution in [3.05, 3.63) is 34.9 Å². The summed E-state index contributed by atoms with van der Waals surface area (Å²) in [6.07, 6.45) is 0.431. The van der Waals surface area contributed by atoms with Crippen LogP contribution in [-0.2, 0) is 11.3 Å². The lowest BCUT2D eigenvalue weighted by Gasteiger charge is -2.11. The number of halogens is 1. The Hall–Kier alpha value is -1.35. The molecule has 15 heavy (non-hydrogen) atoms. The molecule has 1 aromatic carbocycles. The van der Waals surface area contributed by atoms with Crippen molar-refractivity contribution in [2.45, 2.75) is 19.9 Å². The summed E-state index contributed by atoms with van der Waals surface area (Å²) in [6, 6.07) is 7.46. The van der Waals surface area contributed by atoms with Crippen LogP contribution in [0.15, 0.2) is 29.4 Å². The average molecular weight is 223 g/mol. The van der Waals surface area contributed by atoms with E-state index >= 15 is 0 Å². The zero-order valence-electron chi connectivity index (χ0n) is 8.40. The van der Waals surface area contributed by atoms with Gasteiger partial charge in [0.05, 0.1) is 13.0 Å². The van der Waals surface area contributed by atoms with Crippen LogP contribution in [0.3, 0.4) is 0 Å². The van der Waals surface area contributed by atoms with Gasteiger partial charge in [0.1, 0.15) is 0 Å². The lowest BCUT2D eigenvalue weighted by molar-refractivity contribution is -0.129. The third-order valence-corrected chi connectivity index (χ3v) is 2.44. The first-order valence-corrected chi connectivity index (χ1v) is 5.12. The molecular weight excluding hydrogens is 212 g/mol. The zero-order valence-corrected chi connectivity index (χ0v) is 9.16. The maximum atomic E-state index is 11.5. The second-order valence-corrected chi connectivity index (χ2v) is 4.03. The van der Waals surface area contributed by atoms with Crippen molar-refractivity contribution in [1.29, 1.82) is 0 Å². The quantitative estimate of drug-likeness (QED) is 0.757. The molecule has 1 amide bonds. The van der Waals surface area contributed by atoms with Crippen LogP contribution in [0.1, 0.15) is 18.9 Å². The van der Waals surface area contributed by atoms with E-state index in [-0.39, 0.29) is 5.91 Å². The monoisotopic (exact) mass is 222 g/mol. The van der Waals surface area contributed by atoms with Crippen LogP contribution >= 0.6 is 11.6 Å². The summed E-state index contributed by atoms with van der Waals surface area (Å²) in [4.78, 5) is 11.5. The van der Waals surface area contributed by atoms with Gasteiger partial charge in [-0.25, -0.2) is 5.01 Å². The first-order chi connectivity index (χ1) is 7.15. The van der Waals surface area contributed by atoms with E-state index in [4.69, 9.17) is 11.6 Å². The predicted molar refractivity (Wildman–Crippen MR) is 59.7 cm³/mol. The molecule has 0 radical (unpaired) electrons. The van der Waals surface area contributed by atoms with E-state index in [9.17, 15) is 4.79 Å². The van der Waals surface area contributed by atoms with E-state index in [0.29, 0.717) is 18.0 Å². The lowest BCUT2D eigenvalue weighted by Crippen LogP contribution is -2.19. The van der Waals surface area contributed by atoms with E-state index in [1.54, 1.807) is 0 Å². The molecule has 2 rings (SSSR count). The minimum Gasteiger partial charge on any atom is -0.273 e. The molecule has 0 unspecified atom stereocenters. The fourth-order valence-electron chi connectivity index (χ4n) is 1.54. The minimum atomic E-state index is 0.0486. The van der Waals surface area contributed by atoms with Crippen molar-refractivity contribution < 1.29 is 4.79 Å². The van der Waals surface area contributed by atoms with Crippen LogP contribution in [0.2, 0.25) is 5.02 Å². The molecule has 0 atom stereocenters. The number of hydrazone groups is 1. The van der Waals surface area contributed by atoms with E-state index in [2.05, 4.69) is 5.10 Å². The van der Waals surface area contributed by atoms with Gasteiger partial charge in [0.25, 0.3) is 0 Å². The second kappa shape index (κ2) is 4.03. The summed E-state index contributed by atoms with van der Waals surface area (Å²) in [5, 5.41) is 6.32. The van der Waals surface area contributed by atoms with Gasteiger partial charge in [-0.05, 0) is 24.6 Å². The Balaban J connectivity index is 2.12. The van der Waals surface area contributed by atoms with Crippen molar-refractivity contribution in [2.75, 3.05) is 0 Å². The van der Waals surface area contributed by atoms with Gasteiger partial charge in [0.15, 0.2) is 0 Å². The van der Waals surface area contributed by atoms with Gasteiger partial charge in [-0.2, -0.15) is 5.10 Å². The molecule has 0 fully saturated rings. The summed E-state index contributed by atoms with van der Waals surface area (Å²) in [6.45, 7) is 2.35. The molecule has 1 heterocycles. The Labute approximate surface area is 93.3 Å². The summed E-state index contributed by atoms with van der Waals surface area (Å²) >= 11 is 5.86. The van der Waals surface area contributed by atoms with Gasteiger partial charge in [0.2, 0.25) is 5.91 Å². The number of amides is 1. The minimum absolute atomic E-state index is 0.0486. The van der Waals surface area contributed by atoms with Crippen LogP contribution in [-0.4, -0.2) is 16.6 Å². The van der Waals surface area contributed by atoms with Crippen LogP contribution < -0.4 is 0 Å². The van der Waals surface area contributed by atoms with Gasteiger partial charge in [0, 0.05) is 10.7 Å². The molecule has 1 aliphatic rings. The summed E-state index contributed by atoms with van der Waals surface area (Å²) in [5.74, 6) is 0.0486. The highest BCUT2D eigenvalue weighted by molar-refractivity contribution is 6.30. The van der Waals surface area contributed by atoms with Gasteiger partial charge in [-0.1, -0.05) is 23.7 Å². The first kappa shape index (κ1) is 10.2. The van der Waals surface area contributed by atoms with E-state index in [1.807, 2.05) is 31.2 Å². The molecule has 0 N–H and O–H groups in total. The van der Waals surface area contributed by atoms with Crippen LogP contribution in [0.4, 0.5) is 0 Å². The molecule has 78 valence electrons. The number of hydrogen-bond acceptors (Lipinski definition) is 2. The highest BCUT2D eigenvalue weighted by Gasteiger charge is 2.20. The molecule has 0 saturated carbocycles. The molecule has 0 bridgehead atoms. The third-order valence-electron chi connectivity index (χ3n) is 2.21. The van der Waals surface area contributed by atoms with Crippen molar-refractivity contribution in [2.24, 2.45) is 5.10 Å². The molecule has 0 spiro atoms. The SMILES string of the molecule is CC1=NN(Cc2cccc(Cl)c2)C(=O)C1. The molecule has 0 aliphatic carbocycles. The summed E-state index contributed by atoms with van der Waals surface area (Å²) in [5.41, 5.74) is 1.86. The maximum absolute atomic E-state index is 11.5. The fraction of sp³-hybridized carbons (Fsp3) is 0.273. The van der Waals surface area contributed by atoms with Gasteiger partial charge in [-0.3, -0.25) is 4.79 Å². The zero-order chi connectivity index (χ0) is 10.8.